The van der Waals surface area contributed by atoms with Gasteiger partial charge in [-0.05, 0) is 44.4 Å². The highest BCUT2D eigenvalue weighted by Crippen LogP contribution is 2.47. The number of carboxylic acids is 1. The van der Waals surface area contributed by atoms with E-state index in [9.17, 15) is 14.7 Å². The molecule has 2 rings (SSSR count). The molecule has 1 N–H and O–H groups in total. The van der Waals surface area contributed by atoms with Crippen LogP contribution < -0.4 is 0 Å². The van der Waals surface area contributed by atoms with Gasteiger partial charge in [0.05, 0.1) is 0 Å². The SMILES string of the molecule is CCC1(C(=O)O)CCCN1C(=O)C1(CC(C)C)CCCC1. The molecule has 0 aromatic rings. The Kier molecular flexibility index (Phi) is 4.64. The first-order valence-corrected chi connectivity index (χ1v) is 8.43. The van der Waals surface area contributed by atoms with Gasteiger partial charge in [-0.15, -0.1) is 0 Å². The van der Waals surface area contributed by atoms with E-state index in [4.69, 9.17) is 0 Å². The van der Waals surface area contributed by atoms with E-state index < -0.39 is 11.5 Å². The van der Waals surface area contributed by atoms with Crippen molar-refractivity contribution < 1.29 is 14.7 Å². The van der Waals surface area contributed by atoms with Gasteiger partial charge >= 0.3 is 5.97 Å². The molecule has 4 nitrogen and oxygen atoms in total. The zero-order chi connectivity index (χ0) is 15.7. The Balaban J connectivity index is 2.30. The molecule has 1 saturated heterocycles. The summed E-state index contributed by atoms with van der Waals surface area (Å²) in [6, 6.07) is 0. The monoisotopic (exact) mass is 295 g/mol. The number of carbonyl (C=O) groups excluding carboxylic acids is 1. The largest absolute Gasteiger partial charge is 0.479 e. The lowest BCUT2D eigenvalue weighted by Crippen LogP contribution is -2.56. The molecule has 1 unspecified atom stereocenters. The topological polar surface area (TPSA) is 57.6 Å². The summed E-state index contributed by atoms with van der Waals surface area (Å²) in [7, 11) is 0. The van der Waals surface area contributed by atoms with Gasteiger partial charge < -0.3 is 10.0 Å². The Bertz CT molecular complexity index is 412. The number of hydrogen-bond acceptors (Lipinski definition) is 2. The smallest absolute Gasteiger partial charge is 0.329 e. The number of rotatable bonds is 5. The molecule has 1 aliphatic carbocycles. The maximum Gasteiger partial charge on any atom is 0.329 e. The molecule has 4 heteroatoms. The van der Waals surface area contributed by atoms with E-state index in [2.05, 4.69) is 13.8 Å². The minimum Gasteiger partial charge on any atom is -0.479 e. The first-order chi connectivity index (χ1) is 9.88. The van der Waals surface area contributed by atoms with E-state index in [1.54, 1.807) is 4.90 Å². The van der Waals surface area contributed by atoms with E-state index in [0.717, 1.165) is 38.5 Å². The van der Waals surface area contributed by atoms with Crippen LogP contribution in [0.3, 0.4) is 0 Å². The third-order valence-electron chi connectivity index (χ3n) is 5.53. The summed E-state index contributed by atoms with van der Waals surface area (Å²) >= 11 is 0. The van der Waals surface area contributed by atoms with Crippen molar-refractivity contribution in [3.8, 4) is 0 Å². The Morgan fingerprint density at radius 1 is 1.14 bits per heavy atom. The summed E-state index contributed by atoms with van der Waals surface area (Å²) in [5.74, 6) is -0.237. The van der Waals surface area contributed by atoms with E-state index in [-0.39, 0.29) is 11.3 Å². The Labute approximate surface area is 127 Å². The van der Waals surface area contributed by atoms with E-state index in [1.165, 1.54) is 0 Å². The summed E-state index contributed by atoms with van der Waals surface area (Å²) in [6.07, 6.45) is 6.86. The summed E-state index contributed by atoms with van der Waals surface area (Å²) in [4.78, 5) is 26.8. The second-order valence-electron chi connectivity index (χ2n) is 7.34. The highest BCUT2D eigenvalue weighted by atomic mass is 16.4. The number of nitrogens with zero attached hydrogens (tertiary/aromatic N) is 1. The standard InChI is InChI=1S/C17H29NO3/c1-4-17(15(20)21)10-7-11-18(17)14(19)16(12-13(2)3)8-5-6-9-16/h13H,4-12H2,1-3H3,(H,20,21). The van der Waals surface area contributed by atoms with Crippen molar-refractivity contribution in [2.75, 3.05) is 6.54 Å². The van der Waals surface area contributed by atoms with Crippen LogP contribution in [0.1, 0.15) is 72.1 Å². The second-order valence-corrected chi connectivity index (χ2v) is 7.34. The van der Waals surface area contributed by atoms with Crippen molar-refractivity contribution in [3.05, 3.63) is 0 Å². The number of hydrogen-bond donors (Lipinski definition) is 1. The van der Waals surface area contributed by atoms with Crippen molar-refractivity contribution >= 4 is 11.9 Å². The molecule has 1 heterocycles. The highest BCUT2D eigenvalue weighted by molar-refractivity contribution is 5.91. The number of amides is 1. The first-order valence-electron chi connectivity index (χ1n) is 8.43. The molecule has 1 amide bonds. The molecule has 2 fully saturated rings. The van der Waals surface area contributed by atoms with Gasteiger partial charge in [-0.1, -0.05) is 33.6 Å². The quantitative estimate of drug-likeness (QED) is 0.845. The minimum atomic E-state index is -0.955. The fourth-order valence-electron chi connectivity index (χ4n) is 4.54. The predicted molar refractivity (Wildman–Crippen MR) is 82.0 cm³/mol. The first kappa shape index (κ1) is 16.3. The Morgan fingerprint density at radius 2 is 1.76 bits per heavy atom. The zero-order valence-electron chi connectivity index (χ0n) is 13.7. The highest BCUT2D eigenvalue weighted by Gasteiger charge is 2.54. The maximum absolute atomic E-state index is 13.2. The third kappa shape index (κ3) is 2.69. The lowest BCUT2D eigenvalue weighted by Gasteiger charge is -2.41. The normalized spacial score (nSPS) is 28.3. The van der Waals surface area contributed by atoms with Crippen LogP contribution >= 0.6 is 0 Å². The zero-order valence-corrected chi connectivity index (χ0v) is 13.7. The Morgan fingerprint density at radius 3 is 2.24 bits per heavy atom. The van der Waals surface area contributed by atoms with Crippen LogP contribution in [0.2, 0.25) is 0 Å². The van der Waals surface area contributed by atoms with Crippen LogP contribution in [0.5, 0.6) is 0 Å². The summed E-state index contributed by atoms with van der Waals surface area (Å²) in [6.45, 7) is 6.81. The average Bonchev–Trinajstić information content (AvgIpc) is 3.04. The van der Waals surface area contributed by atoms with E-state index >= 15 is 0 Å². The maximum atomic E-state index is 13.2. The molecule has 21 heavy (non-hydrogen) atoms. The van der Waals surface area contributed by atoms with Crippen LogP contribution in [0.25, 0.3) is 0 Å². The van der Waals surface area contributed by atoms with Crippen molar-refractivity contribution in [2.24, 2.45) is 11.3 Å². The lowest BCUT2D eigenvalue weighted by molar-refractivity contribution is -0.162. The van der Waals surface area contributed by atoms with E-state index in [0.29, 0.717) is 25.3 Å². The molecule has 0 aromatic carbocycles. The van der Waals surface area contributed by atoms with E-state index in [1.807, 2.05) is 6.92 Å². The van der Waals surface area contributed by atoms with Gasteiger partial charge in [-0.3, -0.25) is 4.79 Å². The number of carboxylic acid groups (broad SMARTS) is 1. The van der Waals surface area contributed by atoms with Gasteiger partial charge in [0.25, 0.3) is 0 Å². The van der Waals surface area contributed by atoms with Gasteiger partial charge in [0, 0.05) is 12.0 Å². The Hall–Kier alpha value is -1.06. The van der Waals surface area contributed by atoms with Crippen LogP contribution in [0.15, 0.2) is 0 Å². The molecular weight excluding hydrogens is 266 g/mol. The van der Waals surface area contributed by atoms with Crippen molar-refractivity contribution in [2.45, 2.75) is 77.7 Å². The van der Waals surface area contributed by atoms with Gasteiger partial charge in [0.1, 0.15) is 5.54 Å². The van der Waals surface area contributed by atoms with Crippen LogP contribution in [0.4, 0.5) is 0 Å². The molecule has 1 atom stereocenters. The molecule has 0 spiro atoms. The van der Waals surface area contributed by atoms with Gasteiger partial charge in [-0.25, -0.2) is 4.79 Å². The minimum absolute atomic E-state index is 0.121. The molecule has 0 aromatic heterocycles. The molecule has 0 radical (unpaired) electrons. The van der Waals surface area contributed by atoms with Crippen molar-refractivity contribution in [1.29, 1.82) is 0 Å². The second kappa shape index (κ2) is 5.98. The molecule has 0 bridgehead atoms. The van der Waals surface area contributed by atoms with Crippen LogP contribution in [-0.4, -0.2) is 34.0 Å². The number of carbonyl (C=O) groups is 2. The van der Waals surface area contributed by atoms with Gasteiger partial charge in [-0.2, -0.15) is 0 Å². The van der Waals surface area contributed by atoms with Gasteiger partial charge in [0.2, 0.25) is 5.91 Å². The summed E-state index contributed by atoms with van der Waals surface area (Å²) in [5, 5.41) is 9.70. The van der Waals surface area contributed by atoms with Crippen molar-refractivity contribution in [3.63, 3.8) is 0 Å². The molecular formula is C17H29NO3. The third-order valence-corrected chi connectivity index (χ3v) is 5.53. The number of likely N-dealkylation sites (tertiary alicyclic amines) is 1. The molecule has 1 saturated carbocycles. The lowest BCUT2D eigenvalue weighted by atomic mass is 9.76. The molecule has 120 valence electrons. The molecule has 2 aliphatic rings. The average molecular weight is 295 g/mol. The summed E-state index contributed by atoms with van der Waals surface area (Å²) in [5.41, 5.74) is -1.25. The van der Waals surface area contributed by atoms with Crippen LogP contribution in [0, 0.1) is 11.3 Å². The molecule has 1 aliphatic heterocycles. The summed E-state index contributed by atoms with van der Waals surface area (Å²) < 4.78 is 0. The fraction of sp³-hybridized carbons (Fsp3) is 0.882. The fourth-order valence-corrected chi connectivity index (χ4v) is 4.54. The van der Waals surface area contributed by atoms with Gasteiger partial charge in [0.15, 0.2) is 0 Å². The van der Waals surface area contributed by atoms with Crippen molar-refractivity contribution in [1.82, 2.24) is 4.90 Å². The predicted octanol–water partition coefficient (Wildman–Crippen LogP) is 3.45. The number of aliphatic carboxylic acids is 1. The van der Waals surface area contributed by atoms with Crippen LogP contribution in [-0.2, 0) is 9.59 Å².